The van der Waals surface area contributed by atoms with Gasteiger partial charge in [0, 0.05) is 0 Å². The van der Waals surface area contributed by atoms with Crippen molar-refractivity contribution < 1.29 is 5.11 Å². The maximum Gasteiger partial charge on any atom is 0.161 e. The van der Waals surface area contributed by atoms with E-state index in [9.17, 15) is 5.11 Å². The van der Waals surface area contributed by atoms with E-state index in [0.717, 1.165) is 0 Å². The molecule has 1 heterocycles. The molecule has 0 saturated heterocycles. The van der Waals surface area contributed by atoms with Gasteiger partial charge in [0.15, 0.2) is 5.82 Å². The summed E-state index contributed by atoms with van der Waals surface area (Å²) in [5.41, 5.74) is 2.38. The highest BCUT2D eigenvalue weighted by Gasteiger charge is 2.15. The minimum Gasteiger partial charge on any atom is -0.394 e. The molecule has 0 radical (unpaired) electrons. The highest BCUT2D eigenvalue weighted by molar-refractivity contribution is 6.37. The molecule has 5 N–H and O–H groups in total. The number of nitrogens with zero attached hydrogens (tertiary/aromatic N) is 1. The molecule has 0 aliphatic rings. The van der Waals surface area contributed by atoms with Gasteiger partial charge in [0.2, 0.25) is 0 Å². The molecule has 0 bridgehead atoms. The third-order valence-corrected chi connectivity index (χ3v) is 2.97. The Morgan fingerprint density at radius 3 is 2.41 bits per heavy atom. The second-order valence-corrected chi connectivity index (χ2v) is 4.79. The number of rotatable bonds is 5. The van der Waals surface area contributed by atoms with Crippen LogP contribution in [0.5, 0.6) is 0 Å². The van der Waals surface area contributed by atoms with Gasteiger partial charge in [-0.05, 0) is 12.0 Å². The molecule has 96 valence electrons. The Morgan fingerprint density at radius 1 is 1.35 bits per heavy atom. The summed E-state index contributed by atoms with van der Waals surface area (Å²) < 4.78 is 0. The summed E-state index contributed by atoms with van der Waals surface area (Å²) in [7, 11) is 0. The Morgan fingerprint density at radius 2 is 1.94 bits per heavy atom. The van der Waals surface area contributed by atoms with Gasteiger partial charge in [-0.3, -0.25) is 0 Å². The number of pyridine rings is 1. The third-order valence-electron chi connectivity index (χ3n) is 2.39. The normalized spacial score (nSPS) is 12.6. The monoisotopic (exact) mass is 278 g/mol. The Hall–Kier alpha value is -0.750. The molecule has 7 heteroatoms. The lowest BCUT2D eigenvalue weighted by Crippen LogP contribution is -2.30. The molecule has 17 heavy (non-hydrogen) atoms. The summed E-state index contributed by atoms with van der Waals surface area (Å²) in [6, 6.07) is 1.41. The van der Waals surface area contributed by atoms with Crippen LogP contribution in [0.25, 0.3) is 0 Å². The molecule has 0 aliphatic carbocycles. The van der Waals surface area contributed by atoms with Crippen LogP contribution in [0.4, 0.5) is 11.6 Å². The van der Waals surface area contributed by atoms with Crippen molar-refractivity contribution in [2.45, 2.75) is 19.9 Å². The second kappa shape index (κ2) is 6.26. The number of hydrazine groups is 1. The molecule has 1 aromatic heterocycles. The molecular weight excluding hydrogens is 263 g/mol. The van der Waals surface area contributed by atoms with E-state index in [2.05, 4.69) is 15.7 Å². The van der Waals surface area contributed by atoms with E-state index in [-0.39, 0.29) is 18.6 Å². The summed E-state index contributed by atoms with van der Waals surface area (Å²) in [5.74, 6) is 6.29. The molecule has 0 spiro atoms. The fourth-order valence-corrected chi connectivity index (χ4v) is 1.74. The molecule has 0 aliphatic heterocycles. The molecule has 5 nitrogen and oxygen atoms in total. The molecule has 0 amide bonds. The van der Waals surface area contributed by atoms with Gasteiger partial charge in [-0.1, -0.05) is 37.0 Å². The number of halogens is 2. The predicted molar refractivity (Wildman–Crippen MR) is 71.4 cm³/mol. The van der Waals surface area contributed by atoms with Crippen molar-refractivity contribution in [1.29, 1.82) is 0 Å². The SMILES string of the molecule is CC(C)C(CO)Nc1nc(NN)c(Cl)cc1Cl. The number of hydrogen-bond acceptors (Lipinski definition) is 5. The number of aliphatic hydroxyl groups excluding tert-OH is 1. The van der Waals surface area contributed by atoms with Crippen LogP contribution in [0.2, 0.25) is 10.0 Å². The molecule has 1 atom stereocenters. The van der Waals surface area contributed by atoms with Crippen molar-refractivity contribution in [3.8, 4) is 0 Å². The second-order valence-electron chi connectivity index (χ2n) is 3.97. The largest absolute Gasteiger partial charge is 0.394 e. The van der Waals surface area contributed by atoms with Crippen LogP contribution in [-0.4, -0.2) is 22.7 Å². The molecule has 1 rings (SSSR count). The highest BCUT2D eigenvalue weighted by atomic mass is 35.5. The Labute approximate surface area is 110 Å². The summed E-state index contributed by atoms with van der Waals surface area (Å²) in [4.78, 5) is 4.14. The lowest BCUT2D eigenvalue weighted by atomic mass is 10.1. The minimum atomic E-state index is -0.133. The van der Waals surface area contributed by atoms with Crippen LogP contribution in [0, 0.1) is 5.92 Å². The predicted octanol–water partition coefficient (Wildman–Crippen LogP) is 2.10. The fourth-order valence-electron chi connectivity index (χ4n) is 1.27. The van der Waals surface area contributed by atoms with Gasteiger partial charge in [-0.25, -0.2) is 10.8 Å². The first-order valence-corrected chi connectivity index (χ1v) is 5.95. The molecular formula is C10H16Cl2N4O. The van der Waals surface area contributed by atoms with Gasteiger partial charge in [0.25, 0.3) is 0 Å². The number of aromatic nitrogens is 1. The van der Waals surface area contributed by atoms with E-state index in [0.29, 0.717) is 21.7 Å². The maximum atomic E-state index is 9.23. The number of hydrogen-bond donors (Lipinski definition) is 4. The molecule has 0 fully saturated rings. The molecule has 1 unspecified atom stereocenters. The van der Waals surface area contributed by atoms with Crippen LogP contribution in [-0.2, 0) is 0 Å². The summed E-state index contributed by atoms with van der Waals surface area (Å²) in [6.45, 7) is 3.96. The fraction of sp³-hybridized carbons (Fsp3) is 0.500. The first kappa shape index (κ1) is 14.3. The zero-order valence-electron chi connectivity index (χ0n) is 9.67. The van der Waals surface area contributed by atoms with E-state index in [1.165, 1.54) is 0 Å². The van der Waals surface area contributed by atoms with Gasteiger partial charge in [-0.2, -0.15) is 0 Å². The first-order chi connectivity index (χ1) is 7.99. The Kier molecular flexibility index (Phi) is 5.27. The maximum absolute atomic E-state index is 9.23. The third kappa shape index (κ3) is 3.61. The van der Waals surface area contributed by atoms with Crippen molar-refractivity contribution in [2.75, 3.05) is 17.3 Å². The van der Waals surface area contributed by atoms with Gasteiger partial charge < -0.3 is 15.8 Å². The van der Waals surface area contributed by atoms with Crippen LogP contribution >= 0.6 is 23.2 Å². The van der Waals surface area contributed by atoms with Gasteiger partial charge in [-0.15, -0.1) is 0 Å². The quantitative estimate of drug-likeness (QED) is 0.490. The highest BCUT2D eigenvalue weighted by Crippen LogP contribution is 2.29. The zero-order chi connectivity index (χ0) is 13.0. The van der Waals surface area contributed by atoms with E-state index in [1.807, 2.05) is 13.8 Å². The number of anilines is 2. The molecule has 0 aromatic carbocycles. The van der Waals surface area contributed by atoms with E-state index in [4.69, 9.17) is 29.0 Å². The van der Waals surface area contributed by atoms with Crippen LogP contribution in [0.1, 0.15) is 13.8 Å². The lowest BCUT2D eigenvalue weighted by Gasteiger charge is -2.21. The van der Waals surface area contributed by atoms with Crippen LogP contribution in [0.15, 0.2) is 6.07 Å². The smallest absolute Gasteiger partial charge is 0.161 e. The zero-order valence-corrected chi connectivity index (χ0v) is 11.2. The topological polar surface area (TPSA) is 83.2 Å². The number of nitrogens with two attached hydrogens (primary N) is 1. The molecule has 1 aromatic rings. The van der Waals surface area contributed by atoms with Crippen LogP contribution in [0.3, 0.4) is 0 Å². The summed E-state index contributed by atoms with van der Waals surface area (Å²) in [6.07, 6.45) is 0. The van der Waals surface area contributed by atoms with Gasteiger partial charge in [0.05, 0.1) is 22.7 Å². The van der Waals surface area contributed by atoms with Crippen molar-refractivity contribution in [2.24, 2.45) is 11.8 Å². The average molecular weight is 279 g/mol. The van der Waals surface area contributed by atoms with Crippen molar-refractivity contribution in [3.05, 3.63) is 16.1 Å². The van der Waals surface area contributed by atoms with Crippen LogP contribution < -0.4 is 16.6 Å². The summed E-state index contributed by atoms with van der Waals surface area (Å²) >= 11 is 11.9. The van der Waals surface area contributed by atoms with E-state index >= 15 is 0 Å². The van der Waals surface area contributed by atoms with E-state index in [1.54, 1.807) is 6.07 Å². The average Bonchev–Trinajstić information content (AvgIpc) is 2.27. The van der Waals surface area contributed by atoms with Crippen molar-refractivity contribution in [3.63, 3.8) is 0 Å². The minimum absolute atomic E-state index is 0.0102. The summed E-state index contributed by atoms with van der Waals surface area (Å²) in [5, 5.41) is 13.0. The van der Waals surface area contributed by atoms with Crippen molar-refractivity contribution >= 4 is 34.8 Å². The van der Waals surface area contributed by atoms with Gasteiger partial charge >= 0.3 is 0 Å². The van der Waals surface area contributed by atoms with Crippen molar-refractivity contribution in [1.82, 2.24) is 4.98 Å². The number of aliphatic hydroxyl groups is 1. The van der Waals surface area contributed by atoms with Gasteiger partial charge in [0.1, 0.15) is 5.82 Å². The Bertz CT molecular complexity index is 387. The molecule has 0 saturated carbocycles. The van der Waals surface area contributed by atoms with E-state index < -0.39 is 0 Å². The Balaban J connectivity index is 2.97. The number of nitrogen functional groups attached to an aromatic ring is 1. The number of nitrogens with one attached hydrogen (secondary N) is 2. The lowest BCUT2D eigenvalue weighted by molar-refractivity contribution is 0.249. The first-order valence-electron chi connectivity index (χ1n) is 5.19. The standard InChI is InChI=1S/C10H16Cl2N4O/c1-5(2)8(4-17)14-9-6(11)3-7(12)10(15-9)16-13/h3,5,8,17H,4,13H2,1-2H3,(H2,14,15,16).